The molecule has 11 N–H and O–H groups in total. The minimum Gasteiger partial charge on any atom is -0.370 e. The first kappa shape index (κ1) is 45.3. The summed E-state index contributed by atoms with van der Waals surface area (Å²) in [5.41, 5.74) is 23.5. The Balaban J connectivity index is 4.71. The van der Waals surface area contributed by atoms with Gasteiger partial charge in [-0.1, -0.05) is 136 Å². The number of carbonyl (C=O) groups is 2. The summed E-state index contributed by atoms with van der Waals surface area (Å²) in [6.45, 7) is 5.67. The molecule has 0 aliphatic rings. The van der Waals surface area contributed by atoms with Crippen molar-refractivity contribution in [3.05, 3.63) is 0 Å². The van der Waals surface area contributed by atoms with Crippen molar-refractivity contribution in [1.82, 2.24) is 10.6 Å². The maximum atomic E-state index is 13.3. The van der Waals surface area contributed by atoms with Crippen LogP contribution in [0.15, 0.2) is 0 Å². The number of hydrogen-bond acceptors (Lipinski definition) is 6. The van der Waals surface area contributed by atoms with Crippen LogP contribution in [0.25, 0.3) is 0 Å². The van der Waals surface area contributed by atoms with Gasteiger partial charge in [-0.15, -0.1) is 0 Å². The van der Waals surface area contributed by atoms with Gasteiger partial charge in [0, 0.05) is 18.5 Å². The Bertz CT molecular complexity index is 752. The summed E-state index contributed by atoms with van der Waals surface area (Å²) in [7, 11) is 0. The number of nitrogens with one attached hydrogen (secondary N) is 3. The minimum absolute atomic E-state index is 0.0167. The lowest BCUT2D eigenvalue weighted by atomic mass is 9.86. The van der Waals surface area contributed by atoms with Gasteiger partial charge in [-0.05, 0) is 57.9 Å². The van der Waals surface area contributed by atoms with Crippen LogP contribution in [-0.2, 0) is 9.59 Å². The van der Waals surface area contributed by atoms with Gasteiger partial charge in [-0.3, -0.25) is 15.0 Å². The van der Waals surface area contributed by atoms with E-state index in [2.05, 4.69) is 24.5 Å². The number of hydrogen-bond donors (Lipinski definition) is 7. The van der Waals surface area contributed by atoms with Crippen LogP contribution in [0.4, 0.5) is 0 Å². The largest absolute Gasteiger partial charge is 0.370 e. The highest BCUT2D eigenvalue weighted by Crippen LogP contribution is 2.22. The third kappa shape index (κ3) is 27.9. The smallest absolute Gasteiger partial charge is 0.237 e. The SMILES string of the molecule is CCCCCCCCCCCCC(CCCCCCC(CCCCCC)C(=O)[C@@H](N)CCCNC(=N)N)NC(=O)[C@@H](N)CCCCN. The topological polar surface area (TPSA) is 186 Å². The van der Waals surface area contributed by atoms with E-state index in [-0.39, 0.29) is 29.6 Å². The standard InChI is InChI=1S/C38H79N7O2/c1-3-5-7-9-10-11-12-13-14-19-26-33(45-37(47)35(41)28-21-22-30-39)27-20-16-15-18-25-32(24-17-8-6-4-2)36(46)34(40)29-23-31-44-38(42)43/h32-35H,3-31,39-41H2,1-2H3,(H,45,47)(H4,42,43,44)/t32?,33?,34-,35-/m0/s1. The lowest BCUT2D eigenvalue weighted by molar-refractivity contribution is -0.125. The first-order chi connectivity index (χ1) is 22.8. The van der Waals surface area contributed by atoms with Gasteiger partial charge in [-0.25, -0.2) is 0 Å². The third-order valence-corrected chi connectivity index (χ3v) is 9.60. The molecule has 0 aromatic carbocycles. The molecule has 0 heterocycles. The van der Waals surface area contributed by atoms with Gasteiger partial charge < -0.3 is 33.6 Å². The minimum atomic E-state index is -0.458. The van der Waals surface area contributed by atoms with Gasteiger partial charge in [0.05, 0.1) is 12.1 Å². The zero-order chi connectivity index (χ0) is 35.0. The molecule has 0 saturated carbocycles. The molecule has 9 heteroatoms. The Labute approximate surface area is 290 Å². The maximum Gasteiger partial charge on any atom is 0.237 e. The number of guanidine groups is 1. The van der Waals surface area contributed by atoms with E-state index in [4.69, 9.17) is 28.3 Å². The molecule has 0 saturated heterocycles. The van der Waals surface area contributed by atoms with Crippen LogP contribution in [0, 0.1) is 11.3 Å². The lowest BCUT2D eigenvalue weighted by Crippen LogP contribution is -2.45. The third-order valence-electron chi connectivity index (χ3n) is 9.60. The highest BCUT2D eigenvalue weighted by atomic mass is 16.2. The van der Waals surface area contributed by atoms with Crippen LogP contribution >= 0.6 is 0 Å². The molecule has 0 aromatic heterocycles. The van der Waals surface area contributed by atoms with Gasteiger partial charge in [0.1, 0.15) is 0 Å². The highest BCUT2D eigenvalue weighted by Gasteiger charge is 2.23. The monoisotopic (exact) mass is 666 g/mol. The fourth-order valence-corrected chi connectivity index (χ4v) is 6.49. The van der Waals surface area contributed by atoms with Gasteiger partial charge in [0.2, 0.25) is 5.91 Å². The first-order valence-electron chi connectivity index (χ1n) is 19.9. The summed E-state index contributed by atoms with van der Waals surface area (Å²) < 4.78 is 0. The second-order valence-electron chi connectivity index (χ2n) is 14.1. The van der Waals surface area contributed by atoms with E-state index >= 15 is 0 Å². The molecule has 1 amide bonds. The van der Waals surface area contributed by atoms with Crippen LogP contribution in [0.3, 0.4) is 0 Å². The van der Waals surface area contributed by atoms with Crippen LogP contribution in [0.2, 0.25) is 0 Å². The van der Waals surface area contributed by atoms with Crippen LogP contribution in [0.5, 0.6) is 0 Å². The van der Waals surface area contributed by atoms with E-state index in [9.17, 15) is 9.59 Å². The summed E-state index contributed by atoms with van der Waals surface area (Å²) in [6.07, 6.45) is 29.7. The van der Waals surface area contributed by atoms with Crippen molar-refractivity contribution in [1.29, 1.82) is 5.41 Å². The fourth-order valence-electron chi connectivity index (χ4n) is 6.49. The summed E-state index contributed by atoms with van der Waals surface area (Å²) in [5, 5.41) is 13.4. The zero-order valence-electron chi connectivity index (χ0n) is 30.9. The van der Waals surface area contributed by atoms with Crippen LogP contribution < -0.4 is 33.6 Å². The molecule has 0 spiro atoms. The van der Waals surface area contributed by atoms with Gasteiger partial charge in [-0.2, -0.15) is 0 Å². The van der Waals surface area contributed by atoms with E-state index in [0.717, 1.165) is 83.5 Å². The molecule has 9 nitrogen and oxygen atoms in total. The van der Waals surface area contributed by atoms with Crippen LogP contribution in [0.1, 0.15) is 187 Å². The molecule has 0 aromatic rings. The summed E-state index contributed by atoms with van der Waals surface area (Å²) in [6, 6.07) is -0.724. The average molecular weight is 666 g/mol. The van der Waals surface area contributed by atoms with E-state index in [1.807, 2.05) is 0 Å². The Hall–Kier alpha value is -1.71. The van der Waals surface area contributed by atoms with Gasteiger partial charge >= 0.3 is 0 Å². The lowest BCUT2D eigenvalue weighted by Gasteiger charge is -2.22. The maximum absolute atomic E-state index is 13.3. The molecule has 278 valence electrons. The summed E-state index contributed by atoms with van der Waals surface area (Å²) in [4.78, 5) is 26.1. The molecule has 0 aliphatic carbocycles. The molecule has 47 heavy (non-hydrogen) atoms. The molecule has 0 fully saturated rings. The molecule has 2 unspecified atom stereocenters. The average Bonchev–Trinajstić information content (AvgIpc) is 3.05. The molecule has 0 rings (SSSR count). The van der Waals surface area contributed by atoms with E-state index in [0.29, 0.717) is 25.9 Å². The van der Waals surface area contributed by atoms with E-state index in [1.165, 1.54) is 77.0 Å². The van der Waals surface area contributed by atoms with Crippen molar-refractivity contribution in [2.24, 2.45) is 28.9 Å². The summed E-state index contributed by atoms with van der Waals surface area (Å²) in [5.74, 6) is 0.170. The van der Waals surface area contributed by atoms with Crippen molar-refractivity contribution < 1.29 is 9.59 Å². The Morgan fingerprint density at radius 1 is 0.574 bits per heavy atom. The van der Waals surface area contributed by atoms with Crippen LogP contribution in [-0.4, -0.2) is 48.9 Å². The number of nitrogens with two attached hydrogens (primary N) is 4. The van der Waals surface area contributed by atoms with E-state index in [1.54, 1.807) is 0 Å². The molecule has 0 aliphatic heterocycles. The molecule has 0 bridgehead atoms. The van der Waals surface area contributed by atoms with Crippen molar-refractivity contribution in [3.63, 3.8) is 0 Å². The number of rotatable bonds is 35. The fraction of sp³-hybridized carbons (Fsp3) is 0.921. The van der Waals surface area contributed by atoms with Crippen molar-refractivity contribution >= 4 is 17.6 Å². The number of amides is 1. The Morgan fingerprint density at radius 2 is 1.00 bits per heavy atom. The van der Waals surface area contributed by atoms with Gasteiger partial charge in [0.25, 0.3) is 0 Å². The normalized spacial score (nSPS) is 14.0. The number of Topliss-reactive ketones (excluding diaryl/α,β-unsaturated/α-hetero) is 1. The van der Waals surface area contributed by atoms with Crippen molar-refractivity contribution in [3.8, 4) is 0 Å². The van der Waals surface area contributed by atoms with Gasteiger partial charge in [0.15, 0.2) is 11.7 Å². The van der Waals surface area contributed by atoms with Crippen molar-refractivity contribution in [2.45, 2.75) is 205 Å². The molecule has 4 atom stereocenters. The Morgan fingerprint density at radius 3 is 1.49 bits per heavy atom. The first-order valence-corrected chi connectivity index (χ1v) is 19.9. The molecular weight excluding hydrogens is 586 g/mol. The number of carbonyl (C=O) groups excluding carboxylic acids is 2. The zero-order valence-corrected chi connectivity index (χ0v) is 30.9. The van der Waals surface area contributed by atoms with Crippen molar-refractivity contribution in [2.75, 3.05) is 13.1 Å². The predicted octanol–water partition coefficient (Wildman–Crippen LogP) is 7.33. The molecule has 0 radical (unpaired) electrons. The number of unbranched alkanes of at least 4 members (excludes halogenated alkanes) is 16. The number of ketones is 1. The summed E-state index contributed by atoms with van der Waals surface area (Å²) >= 11 is 0. The van der Waals surface area contributed by atoms with E-state index < -0.39 is 12.1 Å². The predicted molar refractivity (Wildman–Crippen MR) is 201 cm³/mol. The second-order valence-corrected chi connectivity index (χ2v) is 14.1. The molecular formula is C38H79N7O2. The second kappa shape index (κ2) is 32.8. The Kier molecular flexibility index (Phi) is 31.6. The quantitative estimate of drug-likeness (QED) is 0.0210. The highest BCUT2D eigenvalue weighted by molar-refractivity contribution is 5.86.